The number of carbonyl (C=O) groups is 1. The standard InChI is InChI=1S/C20H20ClNO5/c1-4-12(3)26-18-14(21)9-13(11-17(18)24-5-2)10-15-20(23)27-19(22-15)16-7-6-8-25-16/h6-12H,4-5H2,1-3H3/b15-10-. The summed E-state index contributed by atoms with van der Waals surface area (Å²) in [4.78, 5) is 16.3. The van der Waals surface area contributed by atoms with Crippen molar-refractivity contribution in [1.29, 1.82) is 0 Å². The van der Waals surface area contributed by atoms with Crippen LogP contribution in [0.5, 0.6) is 11.5 Å². The summed E-state index contributed by atoms with van der Waals surface area (Å²) in [6.45, 7) is 6.32. The van der Waals surface area contributed by atoms with E-state index in [1.165, 1.54) is 6.26 Å². The minimum atomic E-state index is -0.560. The lowest BCUT2D eigenvalue weighted by Gasteiger charge is -2.18. The molecule has 1 aromatic carbocycles. The number of hydrogen-bond acceptors (Lipinski definition) is 6. The highest BCUT2D eigenvalue weighted by Crippen LogP contribution is 2.38. The Morgan fingerprint density at radius 1 is 1.33 bits per heavy atom. The second-order valence-electron chi connectivity index (χ2n) is 5.91. The van der Waals surface area contributed by atoms with Gasteiger partial charge in [-0.1, -0.05) is 18.5 Å². The molecule has 0 spiro atoms. The second kappa shape index (κ2) is 8.31. The monoisotopic (exact) mass is 389 g/mol. The fourth-order valence-electron chi connectivity index (χ4n) is 2.41. The first-order chi connectivity index (χ1) is 13.0. The molecule has 1 atom stereocenters. The van der Waals surface area contributed by atoms with Crippen LogP contribution in [-0.4, -0.2) is 24.6 Å². The largest absolute Gasteiger partial charge is 0.490 e. The van der Waals surface area contributed by atoms with Gasteiger partial charge in [0.05, 0.1) is 24.0 Å². The van der Waals surface area contributed by atoms with E-state index in [-0.39, 0.29) is 17.7 Å². The van der Waals surface area contributed by atoms with Crippen LogP contribution in [0.4, 0.5) is 0 Å². The number of nitrogens with zero attached hydrogens (tertiary/aromatic N) is 1. The number of furan rings is 1. The average Bonchev–Trinajstić information content (AvgIpc) is 3.28. The SMILES string of the molecule is CCOc1cc(/C=C2\N=C(c3ccco3)OC2=O)cc(Cl)c1OC(C)CC. The van der Waals surface area contributed by atoms with Gasteiger partial charge in [-0.15, -0.1) is 0 Å². The molecule has 1 aromatic heterocycles. The fraction of sp³-hybridized carbons (Fsp3) is 0.300. The summed E-state index contributed by atoms with van der Waals surface area (Å²) in [7, 11) is 0. The fourth-order valence-corrected chi connectivity index (χ4v) is 2.67. The van der Waals surface area contributed by atoms with Crippen molar-refractivity contribution in [3.8, 4) is 11.5 Å². The Kier molecular flexibility index (Phi) is 5.86. The Bertz CT molecular complexity index is 886. The first-order valence-corrected chi connectivity index (χ1v) is 9.09. The van der Waals surface area contributed by atoms with Crippen LogP contribution in [0.2, 0.25) is 5.02 Å². The zero-order valence-corrected chi connectivity index (χ0v) is 16.1. The number of rotatable bonds is 7. The van der Waals surface area contributed by atoms with Gasteiger partial charge in [-0.25, -0.2) is 9.79 Å². The summed E-state index contributed by atoms with van der Waals surface area (Å²) >= 11 is 6.40. The highest BCUT2D eigenvalue weighted by Gasteiger charge is 2.26. The summed E-state index contributed by atoms with van der Waals surface area (Å²) in [6.07, 6.45) is 3.90. The number of carbonyl (C=O) groups excluding carboxylic acids is 1. The van der Waals surface area contributed by atoms with E-state index in [2.05, 4.69) is 4.99 Å². The predicted molar refractivity (Wildman–Crippen MR) is 102 cm³/mol. The summed E-state index contributed by atoms with van der Waals surface area (Å²) in [5.41, 5.74) is 0.798. The number of hydrogen-bond donors (Lipinski definition) is 0. The highest BCUT2D eigenvalue weighted by atomic mass is 35.5. The second-order valence-corrected chi connectivity index (χ2v) is 6.32. The van der Waals surface area contributed by atoms with Crippen LogP contribution in [0.15, 0.2) is 45.6 Å². The highest BCUT2D eigenvalue weighted by molar-refractivity contribution is 6.32. The first-order valence-electron chi connectivity index (χ1n) is 8.71. The van der Waals surface area contributed by atoms with Crippen LogP contribution in [0.3, 0.4) is 0 Å². The smallest absolute Gasteiger partial charge is 0.363 e. The molecule has 3 rings (SSSR count). The maximum absolute atomic E-state index is 12.1. The van der Waals surface area contributed by atoms with Crippen molar-refractivity contribution in [2.75, 3.05) is 6.61 Å². The topological polar surface area (TPSA) is 70.3 Å². The van der Waals surface area contributed by atoms with Crippen LogP contribution < -0.4 is 9.47 Å². The first kappa shape index (κ1) is 19.0. The van der Waals surface area contributed by atoms with E-state index in [1.807, 2.05) is 20.8 Å². The van der Waals surface area contributed by atoms with Crippen molar-refractivity contribution in [1.82, 2.24) is 0 Å². The van der Waals surface area contributed by atoms with Crippen LogP contribution >= 0.6 is 11.6 Å². The van der Waals surface area contributed by atoms with Crippen molar-refractivity contribution in [3.63, 3.8) is 0 Å². The number of ether oxygens (including phenoxy) is 3. The van der Waals surface area contributed by atoms with Crippen LogP contribution in [-0.2, 0) is 9.53 Å². The quantitative estimate of drug-likeness (QED) is 0.500. The molecule has 0 fully saturated rings. The van der Waals surface area contributed by atoms with E-state index in [9.17, 15) is 4.79 Å². The van der Waals surface area contributed by atoms with Gasteiger partial charge >= 0.3 is 5.97 Å². The lowest BCUT2D eigenvalue weighted by Crippen LogP contribution is -2.11. The third-order valence-electron chi connectivity index (χ3n) is 3.88. The molecule has 2 heterocycles. The molecule has 6 nitrogen and oxygen atoms in total. The Labute approximate surface area is 162 Å². The van der Waals surface area contributed by atoms with Crippen molar-refractivity contribution in [3.05, 3.63) is 52.6 Å². The number of aliphatic imine (C=N–C) groups is 1. The molecule has 1 aliphatic heterocycles. The van der Waals surface area contributed by atoms with E-state index in [1.54, 1.807) is 30.3 Å². The Hall–Kier alpha value is -2.73. The van der Waals surface area contributed by atoms with E-state index >= 15 is 0 Å². The normalized spacial score (nSPS) is 16.2. The zero-order valence-electron chi connectivity index (χ0n) is 15.3. The minimum absolute atomic E-state index is 0.00354. The van der Waals surface area contributed by atoms with Gasteiger partial charge in [0.2, 0.25) is 0 Å². The lowest BCUT2D eigenvalue weighted by molar-refractivity contribution is -0.130. The molecular formula is C20H20ClNO5. The van der Waals surface area contributed by atoms with Crippen LogP contribution in [0.1, 0.15) is 38.5 Å². The third-order valence-corrected chi connectivity index (χ3v) is 4.16. The maximum Gasteiger partial charge on any atom is 0.363 e. The minimum Gasteiger partial charge on any atom is -0.490 e. The number of benzene rings is 1. The predicted octanol–water partition coefficient (Wildman–Crippen LogP) is 4.85. The maximum atomic E-state index is 12.1. The van der Waals surface area contributed by atoms with Gasteiger partial charge in [0.15, 0.2) is 23.0 Å². The van der Waals surface area contributed by atoms with Crippen molar-refractivity contribution < 1.29 is 23.4 Å². The van der Waals surface area contributed by atoms with Crippen LogP contribution in [0, 0.1) is 0 Å². The Morgan fingerprint density at radius 3 is 2.81 bits per heavy atom. The molecule has 27 heavy (non-hydrogen) atoms. The summed E-state index contributed by atoms with van der Waals surface area (Å²) < 4.78 is 21.9. The average molecular weight is 390 g/mol. The summed E-state index contributed by atoms with van der Waals surface area (Å²) in [6, 6.07) is 6.81. The van der Waals surface area contributed by atoms with Crippen LogP contribution in [0.25, 0.3) is 6.08 Å². The van der Waals surface area contributed by atoms with E-state index in [0.29, 0.717) is 34.5 Å². The van der Waals surface area contributed by atoms with Gasteiger partial charge in [0.1, 0.15) is 0 Å². The van der Waals surface area contributed by atoms with Crippen molar-refractivity contribution >= 4 is 29.5 Å². The molecular weight excluding hydrogens is 370 g/mol. The van der Waals surface area contributed by atoms with E-state index in [0.717, 1.165) is 6.42 Å². The van der Waals surface area contributed by atoms with Gasteiger partial charge in [0.25, 0.3) is 5.90 Å². The van der Waals surface area contributed by atoms with Crippen molar-refractivity contribution in [2.24, 2.45) is 4.99 Å². The number of halogens is 1. The molecule has 0 bridgehead atoms. The van der Waals surface area contributed by atoms with Gasteiger partial charge in [-0.2, -0.15) is 0 Å². The molecule has 1 aliphatic rings. The zero-order chi connectivity index (χ0) is 19.4. The number of esters is 1. The van der Waals surface area contributed by atoms with Gasteiger partial charge in [-0.3, -0.25) is 0 Å². The summed E-state index contributed by atoms with van der Waals surface area (Å²) in [5, 5.41) is 0.398. The van der Waals surface area contributed by atoms with E-state index in [4.69, 9.17) is 30.2 Å². The van der Waals surface area contributed by atoms with Gasteiger partial charge in [-0.05, 0) is 56.2 Å². The van der Waals surface area contributed by atoms with Crippen molar-refractivity contribution in [2.45, 2.75) is 33.3 Å². The van der Waals surface area contributed by atoms with E-state index < -0.39 is 5.97 Å². The molecule has 1 unspecified atom stereocenters. The molecule has 0 saturated heterocycles. The molecule has 0 N–H and O–H groups in total. The molecule has 0 aliphatic carbocycles. The molecule has 142 valence electrons. The van der Waals surface area contributed by atoms with Gasteiger partial charge in [0, 0.05) is 0 Å². The lowest BCUT2D eigenvalue weighted by atomic mass is 10.1. The molecule has 7 heteroatoms. The Balaban J connectivity index is 1.94. The summed E-state index contributed by atoms with van der Waals surface area (Å²) in [5.74, 6) is 0.958. The van der Waals surface area contributed by atoms with Gasteiger partial charge < -0.3 is 18.6 Å². The third kappa shape index (κ3) is 4.34. The molecule has 0 radical (unpaired) electrons. The molecule has 2 aromatic rings. The molecule has 0 amide bonds. The number of cyclic esters (lactones) is 1. The molecule has 0 saturated carbocycles. The Morgan fingerprint density at radius 2 is 2.15 bits per heavy atom.